The summed E-state index contributed by atoms with van der Waals surface area (Å²) in [6, 6.07) is 4.63. The predicted molar refractivity (Wildman–Crippen MR) is 92.9 cm³/mol. The van der Waals surface area contributed by atoms with Gasteiger partial charge >= 0.3 is 0 Å². The number of benzene rings is 1. The Morgan fingerprint density at radius 3 is 2.33 bits per heavy atom. The van der Waals surface area contributed by atoms with E-state index in [4.69, 9.17) is 4.74 Å². The van der Waals surface area contributed by atoms with Crippen molar-refractivity contribution in [3.8, 4) is 5.75 Å². The molecule has 6 nitrogen and oxygen atoms in total. The van der Waals surface area contributed by atoms with Crippen LogP contribution < -0.4 is 4.74 Å². The molecule has 24 heavy (non-hydrogen) atoms. The van der Waals surface area contributed by atoms with E-state index in [1.165, 1.54) is 17.5 Å². The minimum absolute atomic E-state index is 0.0740. The fourth-order valence-electron chi connectivity index (χ4n) is 2.95. The number of nitrogens with zero attached hydrogens (tertiary/aromatic N) is 2. The van der Waals surface area contributed by atoms with Crippen molar-refractivity contribution >= 4 is 15.9 Å². The quantitative estimate of drug-likeness (QED) is 0.786. The molecule has 0 atom stereocenters. The number of ether oxygens (including phenoxy) is 1. The van der Waals surface area contributed by atoms with Gasteiger partial charge in [0.05, 0.1) is 7.11 Å². The molecule has 0 spiro atoms. The topological polar surface area (TPSA) is 66.9 Å². The van der Waals surface area contributed by atoms with Crippen LogP contribution in [-0.2, 0) is 10.0 Å². The molecule has 1 amide bonds. The number of hydrogen-bond acceptors (Lipinski definition) is 4. The molecular weight excluding hydrogens is 328 g/mol. The number of amides is 1. The van der Waals surface area contributed by atoms with E-state index in [9.17, 15) is 13.2 Å². The second-order valence-corrected chi connectivity index (χ2v) is 7.71. The highest BCUT2D eigenvalue weighted by molar-refractivity contribution is 7.89. The van der Waals surface area contributed by atoms with Gasteiger partial charge in [0, 0.05) is 31.7 Å². The molecule has 1 aromatic carbocycles. The minimum atomic E-state index is -3.66. The first-order chi connectivity index (χ1) is 11.5. The summed E-state index contributed by atoms with van der Waals surface area (Å²) in [6.07, 6.45) is 2.77. The Morgan fingerprint density at radius 2 is 1.79 bits per heavy atom. The van der Waals surface area contributed by atoms with E-state index < -0.39 is 10.0 Å². The van der Waals surface area contributed by atoms with Gasteiger partial charge < -0.3 is 9.64 Å². The van der Waals surface area contributed by atoms with Crippen LogP contribution in [0.2, 0.25) is 0 Å². The molecule has 1 fully saturated rings. The van der Waals surface area contributed by atoms with Gasteiger partial charge in [-0.3, -0.25) is 4.79 Å². The first kappa shape index (κ1) is 18.7. The fraction of sp³-hybridized carbons (Fsp3) is 0.588. The number of rotatable bonds is 6. The van der Waals surface area contributed by atoms with Gasteiger partial charge in [0.25, 0.3) is 5.91 Å². The van der Waals surface area contributed by atoms with Crippen LogP contribution in [0.5, 0.6) is 5.75 Å². The number of sulfonamides is 1. The van der Waals surface area contributed by atoms with Crippen molar-refractivity contribution in [2.75, 3.05) is 33.3 Å². The monoisotopic (exact) mass is 354 g/mol. The summed E-state index contributed by atoms with van der Waals surface area (Å²) in [5, 5.41) is 0. The molecule has 0 N–H and O–H groups in total. The van der Waals surface area contributed by atoms with Crippen molar-refractivity contribution in [1.29, 1.82) is 0 Å². The van der Waals surface area contributed by atoms with Crippen molar-refractivity contribution in [3.63, 3.8) is 0 Å². The maximum absolute atomic E-state index is 13.0. The maximum Gasteiger partial charge on any atom is 0.253 e. The molecule has 1 heterocycles. The van der Waals surface area contributed by atoms with Crippen LogP contribution in [0.15, 0.2) is 23.1 Å². The molecule has 0 aromatic heterocycles. The van der Waals surface area contributed by atoms with Crippen LogP contribution in [-0.4, -0.2) is 56.8 Å². The molecule has 0 radical (unpaired) electrons. The van der Waals surface area contributed by atoms with Gasteiger partial charge in [0.1, 0.15) is 10.6 Å². The van der Waals surface area contributed by atoms with E-state index in [0.29, 0.717) is 31.7 Å². The summed E-state index contributed by atoms with van der Waals surface area (Å²) in [5.74, 6) is 0.106. The molecule has 0 aliphatic carbocycles. The zero-order chi connectivity index (χ0) is 17.7. The molecule has 2 rings (SSSR count). The Labute approximate surface area is 144 Å². The third kappa shape index (κ3) is 3.72. The van der Waals surface area contributed by atoms with Crippen molar-refractivity contribution in [2.24, 2.45) is 0 Å². The molecule has 1 aliphatic rings. The highest BCUT2D eigenvalue weighted by Crippen LogP contribution is 2.30. The summed E-state index contributed by atoms with van der Waals surface area (Å²) in [7, 11) is -2.22. The molecule has 0 unspecified atom stereocenters. The molecular formula is C17H26N2O4S. The third-order valence-corrected chi connectivity index (χ3v) is 6.31. The number of hydrogen-bond donors (Lipinski definition) is 0. The number of carbonyl (C=O) groups is 1. The van der Waals surface area contributed by atoms with Crippen molar-refractivity contribution < 1.29 is 17.9 Å². The standard InChI is InChI=1S/C17H26N2O4S/c1-4-18(5-2)17(20)14-9-10-15(23-3)16(13-14)24(21,22)19-11-7-6-8-12-19/h9-10,13H,4-8,11-12H2,1-3H3. The van der Waals surface area contributed by atoms with Gasteiger partial charge in [-0.1, -0.05) is 6.42 Å². The Morgan fingerprint density at radius 1 is 1.17 bits per heavy atom. The van der Waals surface area contributed by atoms with Crippen molar-refractivity contribution in [3.05, 3.63) is 23.8 Å². The summed E-state index contributed by atoms with van der Waals surface area (Å²) < 4.78 is 32.7. The SMILES string of the molecule is CCN(CC)C(=O)c1ccc(OC)c(S(=O)(=O)N2CCCCC2)c1. The third-order valence-electron chi connectivity index (χ3n) is 4.39. The first-order valence-corrected chi connectivity index (χ1v) is 9.87. The lowest BCUT2D eigenvalue weighted by Crippen LogP contribution is -2.36. The highest BCUT2D eigenvalue weighted by Gasteiger charge is 2.30. The first-order valence-electron chi connectivity index (χ1n) is 8.43. The number of carbonyl (C=O) groups excluding carboxylic acids is 1. The molecule has 134 valence electrons. The van der Waals surface area contributed by atoms with E-state index in [0.717, 1.165) is 19.3 Å². The number of piperidine rings is 1. The predicted octanol–water partition coefficient (Wildman–Crippen LogP) is 2.35. The van der Waals surface area contributed by atoms with E-state index in [1.54, 1.807) is 17.0 Å². The zero-order valence-corrected chi connectivity index (χ0v) is 15.4. The molecule has 0 bridgehead atoms. The molecule has 0 saturated carbocycles. The second-order valence-electron chi connectivity index (χ2n) is 5.81. The largest absolute Gasteiger partial charge is 0.495 e. The van der Waals surface area contributed by atoms with Gasteiger partial charge in [-0.15, -0.1) is 0 Å². The Bertz CT molecular complexity index is 678. The lowest BCUT2D eigenvalue weighted by molar-refractivity contribution is 0.0772. The van der Waals surface area contributed by atoms with E-state index in [1.807, 2.05) is 13.8 Å². The Hall–Kier alpha value is -1.60. The van der Waals surface area contributed by atoms with E-state index >= 15 is 0 Å². The lowest BCUT2D eigenvalue weighted by Gasteiger charge is -2.27. The number of methoxy groups -OCH3 is 1. The second kappa shape index (κ2) is 7.98. The average Bonchev–Trinajstić information content (AvgIpc) is 2.62. The summed E-state index contributed by atoms with van der Waals surface area (Å²) in [4.78, 5) is 14.3. The molecule has 1 aliphatic heterocycles. The van der Waals surface area contributed by atoms with Crippen LogP contribution in [0.3, 0.4) is 0 Å². The zero-order valence-electron chi connectivity index (χ0n) is 14.6. The molecule has 1 saturated heterocycles. The minimum Gasteiger partial charge on any atom is -0.495 e. The Kier molecular flexibility index (Phi) is 6.23. The highest BCUT2D eigenvalue weighted by atomic mass is 32.2. The van der Waals surface area contributed by atoms with Crippen molar-refractivity contribution in [2.45, 2.75) is 38.0 Å². The van der Waals surface area contributed by atoms with Gasteiger partial charge in [-0.2, -0.15) is 4.31 Å². The van der Waals surface area contributed by atoms with Gasteiger partial charge in [0.15, 0.2) is 0 Å². The van der Waals surface area contributed by atoms with Crippen molar-refractivity contribution in [1.82, 2.24) is 9.21 Å². The van der Waals surface area contributed by atoms with E-state index in [2.05, 4.69) is 0 Å². The Balaban J connectivity index is 2.44. The van der Waals surface area contributed by atoms with Crippen LogP contribution >= 0.6 is 0 Å². The lowest BCUT2D eigenvalue weighted by atomic mass is 10.2. The van der Waals surface area contributed by atoms with Crippen LogP contribution in [0, 0.1) is 0 Å². The van der Waals surface area contributed by atoms with Crippen LogP contribution in [0.1, 0.15) is 43.5 Å². The summed E-state index contributed by atoms with van der Waals surface area (Å²) >= 11 is 0. The fourth-order valence-corrected chi connectivity index (χ4v) is 4.65. The van der Waals surface area contributed by atoms with E-state index in [-0.39, 0.29) is 16.6 Å². The smallest absolute Gasteiger partial charge is 0.253 e. The van der Waals surface area contributed by atoms with Crippen LogP contribution in [0.25, 0.3) is 0 Å². The summed E-state index contributed by atoms with van der Waals surface area (Å²) in [5.41, 5.74) is 0.370. The van der Waals surface area contributed by atoms with Gasteiger partial charge in [0.2, 0.25) is 10.0 Å². The maximum atomic E-state index is 13.0. The molecule has 7 heteroatoms. The van der Waals surface area contributed by atoms with Crippen LogP contribution in [0.4, 0.5) is 0 Å². The molecule has 1 aromatic rings. The van der Waals surface area contributed by atoms with Gasteiger partial charge in [-0.25, -0.2) is 8.42 Å². The average molecular weight is 354 g/mol. The summed E-state index contributed by atoms with van der Waals surface area (Å²) in [6.45, 7) is 5.98. The van der Waals surface area contributed by atoms with Gasteiger partial charge in [-0.05, 0) is 44.9 Å². The normalized spacial score (nSPS) is 16.0.